The van der Waals surface area contributed by atoms with Crippen molar-refractivity contribution in [2.24, 2.45) is 5.92 Å². The van der Waals surface area contributed by atoms with E-state index < -0.39 is 0 Å². The Hall–Kier alpha value is -0.120. The van der Waals surface area contributed by atoms with Gasteiger partial charge in [-0.15, -0.1) is 0 Å². The van der Waals surface area contributed by atoms with Crippen molar-refractivity contribution < 1.29 is 0 Å². The smallest absolute Gasteiger partial charge is 0.0178 e. The van der Waals surface area contributed by atoms with Gasteiger partial charge in [0.25, 0.3) is 0 Å². The largest absolute Gasteiger partial charge is 0.301 e. The quantitative estimate of drug-likeness (QED) is 0.365. The van der Waals surface area contributed by atoms with E-state index in [4.69, 9.17) is 0 Å². The molecule has 1 unspecified atom stereocenters. The molecule has 3 heteroatoms. The molecule has 2 aliphatic heterocycles. The fourth-order valence-corrected chi connectivity index (χ4v) is 5.65. The first-order chi connectivity index (χ1) is 13.9. The molecule has 0 spiro atoms. The molecule has 2 heterocycles. The first-order valence-corrected chi connectivity index (χ1v) is 13.1. The third kappa shape index (κ3) is 6.94. The van der Waals surface area contributed by atoms with Gasteiger partial charge in [0.2, 0.25) is 0 Å². The van der Waals surface area contributed by atoms with Crippen LogP contribution >= 0.6 is 0 Å². The van der Waals surface area contributed by atoms with Crippen LogP contribution < -0.4 is 0 Å². The van der Waals surface area contributed by atoms with Crippen molar-refractivity contribution in [3.63, 3.8) is 0 Å². The van der Waals surface area contributed by atoms with Crippen molar-refractivity contribution in [1.82, 2.24) is 14.7 Å². The zero-order valence-electron chi connectivity index (χ0n) is 20.9. The average molecular weight is 408 g/mol. The highest BCUT2D eigenvalue weighted by atomic mass is 15.3. The van der Waals surface area contributed by atoms with Gasteiger partial charge in [-0.1, -0.05) is 47.0 Å². The maximum absolute atomic E-state index is 2.84. The van der Waals surface area contributed by atoms with E-state index in [1.807, 2.05) is 0 Å². The lowest BCUT2D eigenvalue weighted by Crippen LogP contribution is -2.55. The van der Waals surface area contributed by atoms with Crippen LogP contribution in [-0.4, -0.2) is 71.6 Å². The van der Waals surface area contributed by atoms with E-state index in [-0.39, 0.29) is 0 Å². The Morgan fingerprint density at radius 2 is 1.24 bits per heavy atom. The van der Waals surface area contributed by atoms with Crippen molar-refractivity contribution >= 4 is 0 Å². The van der Waals surface area contributed by atoms with E-state index in [2.05, 4.69) is 56.2 Å². The molecule has 0 aromatic carbocycles. The molecule has 0 amide bonds. The van der Waals surface area contributed by atoms with E-state index in [0.29, 0.717) is 11.1 Å². The topological polar surface area (TPSA) is 9.72 Å². The van der Waals surface area contributed by atoms with Crippen molar-refractivity contribution in [3.05, 3.63) is 0 Å². The minimum Gasteiger partial charge on any atom is -0.301 e. The highest BCUT2D eigenvalue weighted by Crippen LogP contribution is 2.32. The second kappa shape index (κ2) is 12.1. The predicted octanol–water partition coefficient (Wildman–Crippen LogP) is 6.03. The van der Waals surface area contributed by atoms with Gasteiger partial charge in [-0.2, -0.15) is 0 Å². The number of hydrogen-bond donors (Lipinski definition) is 0. The molecular weight excluding hydrogens is 354 g/mol. The normalized spacial score (nSPS) is 23.4. The van der Waals surface area contributed by atoms with Gasteiger partial charge in [0.1, 0.15) is 0 Å². The first kappa shape index (κ1) is 25.1. The standard InChI is InChI=1S/C26H53N3/c1-7-11-12-16-26(6,10-4)28-18-14-24(15-19-28)13-17-27-20-22-29(23-21-27)25(5,8-2)9-3/h24H,7-23H2,1-6H3. The molecule has 2 fully saturated rings. The van der Waals surface area contributed by atoms with Gasteiger partial charge in [0, 0.05) is 37.3 Å². The third-order valence-corrected chi connectivity index (χ3v) is 8.97. The number of unbranched alkanes of at least 4 members (excludes halogenated alkanes) is 2. The minimum absolute atomic E-state index is 0.419. The lowest BCUT2D eigenvalue weighted by molar-refractivity contribution is 0.0278. The molecule has 1 atom stereocenters. The lowest BCUT2D eigenvalue weighted by atomic mass is 9.85. The van der Waals surface area contributed by atoms with Crippen molar-refractivity contribution in [3.8, 4) is 0 Å². The van der Waals surface area contributed by atoms with Crippen molar-refractivity contribution in [2.45, 2.75) is 117 Å². The molecule has 0 aliphatic carbocycles. The van der Waals surface area contributed by atoms with Gasteiger partial charge in [0.15, 0.2) is 0 Å². The van der Waals surface area contributed by atoms with Gasteiger partial charge in [0.05, 0.1) is 0 Å². The molecule has 0 aromatic heterocycles. The lowest BCUT2D eigenvalue weighted by Gasteiger charge is -2.46. The van der Waals surface area contributed by atoms with E-state index in [0.717, 1.165) is 5.92 Å². The zero-order valence-corrected chi connectivity index (χ0v) is 20.9. The second-order valence-electron chi connectivity index (χ2n) is 10.6. The van der Waals surface area contributed by atoms with Gasteiger partial charge in [-0.05, 0) is 84.3 Å². The Labute approximate surface area is 183 Å². The molecule has 0 bridgehead atoms. The summed E-state index contributed by atoms with van der Waals surface area (Å²) in [5.41, 5.74) is 0.865. The molecule has 2 aliphatic rings. The van der Waals surface area contributed by atoms with Crippen LogP contribution in [0, 0.1) is 5.92 Å². The number of piperazine rings is 1. The number of likely N-dealkylation sites (tertiary alicyclic amines) is 1. The average Bonchev–Trinajstić information content (AvgIpc) is 2.78. The zero-order chi connectivity index (χ0) is 21.3. The van der Waals surface area contributed by atoms with Crippen LogP contribution in [0.15, 0.2) is 0 Å². The summed E-state index contributed by atoms with van der Waals surface area (Å²) in [5.74, 6) is 0.956. The Morgan fingerprint density at radius 1 is 0.690 bits per heavy atom. The van der Waals surface area contributed by atoms with E-state index in [9.17, 15) is 0 Å². The highest BCUT2D eigenvalue weighted by Gasteiger charge is 2.33. The maximum atomic E-state index is 2.84. The Bertz CT molecular complexity index is 431. The van der Waals surface area contributed by atoms with Gasteiger partial charge < -0.3 is 4.90 Å². The summed E-state index contributed by atoms with van der Waals surface area (Å²) in [7, 11) is 0. The second-order valence-corrected chi connectivity index (χ2v) is 10.6. The minimum atomic E-state index is 0.419. The van der Waals surface area contributed by atoms with Crippen molar-refractivity contribution in [1.29, 1.82) is 0 Å². The fraction of sp³-hybridized carbons (Fsp3) is 1.00. The molecule has 0 radical (unpaired) electrons. The molecule has 3 nitrogen and oxygen atoms in total. The molecule has 0 aromatic rings. The molecule has 0 saturated carbocycles. The Kier molecular flexibility index (Phi) is 10.5. The van der Waals surface area contributed by atoms with Crippen molar-refractivity contribution in [2.75, 3.05) is 45.8 Å². The number of piperidine rings is 1. The maximum Gasteiger partial charge on any atom is 0.0178 e. The van der Waals surface area contributed by atoms with E-state index in [1.54, 1.807) is 0 Å². The summed E-state index contributed by atoms with van der Waals surface area (Å²) < 4.78 is 0. The molecule has 2 saturated heterocycles. The summed E-state index contributed by atoms with van der Waals surface area (Å²) in [4.78, 5) is 8.34. The fourth-order valence-electron chi connectivity index (χ4n) is 5.65. The molecule has 0 N–H and O–H groups in total. The van der Waals surface area contributed by atoms with Crippen LogP contribution in [0.4, 0.5) is 0 Å². The number of nitrogens with zero attached hydrogens (tertiary/aromatic N) is 3. The number of hydrogen-bond acceptors (Lipinski definition) is 3. The van der Waals surface area contributed by atoms with E-state index in [1.165, 1.54) is 110 Å². The monoisotopic (exact) mass is 407 g/mol. The summed E-state index contributed by atoms with van der Waals surface area (Å²) >= 11 is 0. The third-order valence-electron chi connectivity index (χ3n) is 8.97. The van der Waals surface area contributed by atoms with Crippen LogP contribution in [-0.2, 0) is 0 Å². The highest BCUT2D eigenvalue weighted by molar-refractivity contribution is 4.89. The van der Waals surface area contributed by atoms with Gasteiger partial charge >= 0.3 is 0 Å². The van der Waals surface area contributed by atoms with Crippen LogP contribution in [0.25, 0.3) is 0 Å². The Balaban J connectivity index is 1.69. The van der Waals surface area contributed by atoms with E-state index >= 15 is 0 Å². The summed E-state index contributed by atoms with van der Waals surface area (Å²) in [6.45, 7) is 23.5. The van der Waals surface area contributed by atoms with Crippen LogP contribution in [0.2, 0.25) is 0 Å². The molecular formula is C26H53N3. The Morgan fingerprint density at radius 3 is 1.76 bits per heavy atom. The first-order valence-electron chi connectivity index (χ1n) is 13.1. The summed E-state index contributed by atoms with van der Waals surface area (Å²) in [6, 6.07) is 0. The molecule has 2 rings (SSSR count). The summed E-state index contributed by atoms with van der Waals surface area (Å²) in [6.07, 6.45) is 13.7. The van der Waals surface area contributed by atoms with Gasteiger partial charge in [-0.25, -0.2) is 0 Å². The molecule has 172 valence electrons. The van der Waals surface area contributed by atoms with Crippen LogP contribution in [0.5, 0.6) is 0 Å². The van der Waals surface area contributed by atoms with Gasteiger partial charge in [-0.3, -0.25) is 9.80 Å². The molecule has 29 heavy (non-hydrogen) atoms. The summed E-state index contributed by atoms with van der Waals surface area (Å²) in [5, 5.41) is 0. The van der Waals surface area contributed by atoms with Crippen LogP contribution in [0.3, 0.4) is 0 Å². The number of rotatable bonds is 12. The predicted molar refractivity (Wildman–Crippen MR) is 129 cm³/mol. The SMILES string of the molecule is CCCCCC(C)(CC)N1CCC(CCN2CCN(C(C)(CC)CC)CC2)CC1. The van der Waals surface area contributed by atoms with Crippen LogP contribution in [0.1, 0.15) is 106 Å².